The van der Waals surface area contributed by atoms with E-state index >= 15 is 0 Å². The van der Waals surface area contributed by atoms with Gasteiger partial charge in [0.2, 0.25) is 11.8 Å². The van der Waals surface area contributed by atoms with Crippen molar-refractivity contribution in [3.63, 3.8) is 0 Å². The lowest BCUT2D eigenvalue weighted by Gasteiger charge is -2.29. The molecule has 0 spiro atoms. The lowest BCUT2D eigenvalue weighted by Crippen LogP contribution is -2.47. The zero-order valence-electron chi connectivity index (χ0n) is 20.7. The normalized spacial score (nSPS) is 12.8. The Morgan fingerprint density at radius 2 is 1.69 bits per heavy atom. The zero-order chi connectivity index (χ0) is 27.7. The lowest BCUT2D eigenvalue weighted by atomic mass is 9.87. The number of carbonyl (C=O) groups is 6. The molecule has 206 valence electrons. The van der Waals surface area contributed by atoms with Gasteiger partial charge in [-0.1, -0.05) is 25.6 Å². The maximum absolute atomic E-state index is 12.2. The Labute approximate surface area is 214 Å². The van der Waals surface area contributed by atoms with E-state index in [9.17, 15) is 33.9 Å². The number of aliphatic hydroxyl groups is 1. The maximum atomic E-state index is 12.2. The molecule has 0 aromatic carbocycles. The number of rotatable bonds is 19. The minimum absolute atomic E-state index is 0.0346. The van der Waals surface area contributed by atoms with Gasteiger partial charge in [0, 0.05) is 43.5 Å². The number of carboxylic acid groups (broad SMARTS) is 1. The number of aliphatic hydroxyl groups excluding tert-OH is 1. The van der Waals surface area contributed by atoms with Crippen LogP contribution in [-0.2, 0) is 33.5 Å². The van der Waals surface area contributed by atoms with Gasteiger partial charge in [0.05, 0.1) is 13.0 Å². The number of nitrogens with one attached hydrogen (secondary N) is 2. The van der Waals surface area contributed by atoms with Crippen molar-refractivity contribution in [3.8, 4) is 0 Å². The second-order valence-electron chi connectivity index (χ2n) is 8.75. The Kier molecular flexibility index (Phi) is 16.5. The quantitative estimate of drug-likeness (QED) is 0.0644. The highest BCUT2D eigenvalue weighted by molar-refractivity contribution is 8.13. The summed E-state index contributed by atoms with van der Waals surface area (Å²) in [5, 5.41) is 23.5. The first-order chi connectivity index (χ1) is 16.8. The number of carboxylic acids is 1. The molecule has 2 amide bonds. The molecular weight excluding hydrogens is 496 g/mol. The maximum Gasteiger partial charge on any atom is 0.320 e. The topological polar surface area (TPSA) is 228 Å². The van der Waals surface area contributed by atoms with Crippen molar-refractivity contribution in [1.29, 1.82) is 0 Å². The second kappa shape index (κ2) is 17.8. The number of amides is 2. The van der Waals surface area contributed by atoms with E-state index in [4.69, 9.17) is 21.3 Å². The van der Waals surface area contributed by atoms with E-state index in [1.54, 1.807) is 13.8 Å². The standard InChI is InChI=1S/C22H38N4O9S/c1-22(2,13-35-17(29)4-3-8-23)19(31)20(32)26-9-7-16(28)25-10-11-36-18(30)12-14(27)5-6-15(24)21(33)34/h15,19,31H,3-13,23-24H2,1-2H3,(H,25,28)(H,26,32)(H,33,34)/t15-,19-/m0/s1. The summed E-state index contributed by atoms with van der Waals surface area (Å²) in [7, 11) is 0. The highest BCUT2D eigenvalue weighted by atomic mass is 32.2. The molecule has 0 unspecified atom stereocenters. The van der Waals surface area contributed by atoms with Crippen LogP contribution in [0.25, 0.3) is 0 Å². The molecule has 0 aliphatic carbocycles. The monoisotopic (exact) mass is 534 g/mol. The molecule has 0 rings (SSSR count). The first kappa shape index (κ1) is 33.4. The van der Waals surface area contributed by atoms with Gasteiger partial charge >= 0.3 is 11.9 Å². The van der Waals surface area contributed by atoms with E-state index in [2.05, 4.69) is 10.6 Å². The summed E-state index contributed by atoms with van der Waals surface area (Å²) in [6, 6.07) is -1.15. The van der Waals surface area contributed by atoms with Crippen molar-refractivity contribution >= 4 is 46.4 Å². The van der Waals surface area contributed by atoms with Crippen molar-refractivity contribution in [1.82, 2.24) is 10.6 Å². The van der Waals surface area contributed by atoms with Crippen molar-refractivity contribution in [2.45, 2.75) is 64.5 Å². The molecule has 0 aromatic heterocycles. The minimum atomic E-state index is -1.46. The molecule has 0 aliphatic rings. The van der Waals surface area contributed by atoms with Gasteiger partial charge in [0.1, 0.15) is 17.9 Å². The Morgan fingerprint density at radius 3 is 2.31 bits per heavy atom. The van der Waals surface area contributed by atoms with E-state index in [1.165, 1.54) is 0 Å². The number of aliphatic carboxylic acids is 1. The van der Waals surface area contributed by atoms with Crippen LogP contribution in [0.3, 0.4) is 0 Å². The number of thioether (sulfide) groups is 1. The molecule has 8 N–H and O–H groups in total. The van der Waals surface area contributed by atoms with Crippen LogP contribution < -0.4 is 22.1 Å². The molecule has 13 nitrogen and oxygen atoms in total. The van der Waals surface area contributed by atoms with Crippen LogP contribution >= 0.6 is 11.8 Å². The van der Waals surface area contributed by atoms with E-state index < -0.39 is 46.3 Å². The van der Waals surface area contributed by atoms with Crippen LogP contribution in [0, 0.1) is 5.41 Å². The van der Waals surface area contributed by atoms with Gasteiger partial charge in [-0.25, -0.2) is 0 Å². The lowest BCUT2D eigenvalue weighted by molar-refractivity contribution is -0.153. The third kappa shape index (κ3) is 15.4. The van der Waals surface area contributed by atoms with Crippen LogP contribution in [0.5, 0.6) is 0 Å². The molecule has 14 heteroatoms. The SMILES string of the molecule is CC(C)(COC(=O)CCCN)[C@@H](O)C(=O)NCCC(=O)NCCSC(=O)CC(=O)CC[C@H](N)C(=O)O. The van der Waals surface area contributed by atoms with Crippen molar-refractivity contribution in [2.75, 3.05) is 32.0 Å². The van der Waals surface area contributed by atoms with Gasteiger partial charge in [-0.2, -0.15) is 0 Å². The van der Waals surface area contributed by atoms with Crippen molar-refractivity contribution in [3.05, 3.63) is 0 Å². The van der Waals surface area contributed by atoms with Gasteiger partial charge in [-0.15, -0.1) is 0 Å². The highest BCUT2D eigenvalue weighted by Gasteiger charge is 2.34. The minimum Gasteiger partial charge on any atom is -0.480 e. The number of carbonyl (C=O) groups excluding carboxylic acids is 5. The fourth-order valence-corrected chi connectivity index (χ4v) is 3.29. The fraction of sp³-hybridized carbons (Fsp3) is 0.727. The van der Waals surface area contributed by atoms with Crippen molar-refractivity contribution in [2.24, 2.45) is 16.9 Å². The van der Waals surface area contributed by atoms with Crippen molar-refractivity contribution < 1.29 is 43.7 Å². The van der Waals surface area contributed by atoms with Gasteiger partial charge in [0.25, 0.3) is 0 Å². The van der Waals surface area contributed by atoms with Crippen LogP contribution in [0.2, 0.25) is 0 Å². The van der Waals surface area contributed by atoms with Crippen LogP contribution in [0.4, 0.5) is 0 Å². The van der Waals surface area contributed by atoms with Gasteiger partial charge < -0.3 is 37.1 Å². The van der Waals surface area contributed by atoms with Gasteiger partial charge in [-0.3, -0.25) is 28.8 Å². The smallest absolute Gasteiger partial charge is 0.320 e. The summed E-state index contributed by atoms with van der Waals surface area (Å²) in [5.74, 6) is -2.94. The molecule has 0 heterocycles. The third-order valence-corrected chi connectivity index (χ3v) is 5.78. The Morgan fingerprint density at radius 1 is 1.03 bits per heavy atom. The predicted octanol–water partition coefficient (Wildman–Crippen LogP) is -1.31. The molecule has 0 fully saturated rings. The largest absolute Gasteiger partial charge is 0.480 e. The first-order valence-corrected chi connectivity index (χ1v) is 12.5. The predicted molar refractivity (Wildman–Crippen MR) is 132 cm³/mol. The molecule has 2 atom stereocenters. The molecule has 0 radical (unpaired) electrons. The molecule has 0 saturated heterocycles. The Balaban J connectivity index is 4.08. The average Bonchev–Trinajstić information content (AvgIpc) is 2.81. The van der Waals surface area contributed by atoms with Crippen LogP contribution in [0.1, 0.15) is 52.4 Å². The second-order valence-corrected chi connectivity index (χ2v) is 9.91. The Bertz CT molecular complexity index is 777. The average molecular weight is 535 g/mol. The number of nitrogens with two attached hydrogens (primary N) is 2. The third-order valence-electron chi connectivity index (χ3n) is 4.91. The zero-order valence-corrected chi connectivity index (χ0v) is 21.6. The highest BCUT2D eigenvalue weighted by Crippen LogP contribution is 2.21. The van der Waals surface area contributed by atoms with E-state index in [-0.39, 0.29) is 63.5 Å². The summed E-state index contributed by atoms with van der Waals surface area (Å²) >= 11 is 0.867. The number of ketones is 1. The van der Waals surface area contributed by atoms with Gasteiger partial charge in [-0.05, 0) is 19.4 Å². The first-order valence-electron chi connectivity index (χ1n) is 11.5. The number of hydrogen-bond donors (Lipinski definition) is 6. The molecule has 0 aromatic rings. The molecule has 0 saturated carbocycles. The summed E-state index contributed by atoms with van der Waals surface area (Å²) in [6.07, 6.45) is -1.39. The van der Waals surface area contributed by atoms with Crippen LogP contribution in [-0.4, -0.2) is 89.0 Å². The molecule has 0 aliphatic heterocycles. The summed E-state index contributed by atoms with van der Waals surface area (Å²) < 4.78 is 5.08. The van der Waals surface area contributed by atoms with Gasteiger partial charge in [0.15, 0.2) is 5.12 Å². The van der Waals surface area contributed by atoms with E-state index in [0.29, 0.717) is 13.0 Å². The molecular formula is C22H38N4O9S. The Hall–Kier alpha value is -2.55. The summed E-state index contributed by atoms with van der Waals surface area (Å²) in [6.45, 7) is 3.45. The fourth-order valence-electron chi connectivity index (χ4n) is 2.60. The molecule has 0 bridgehead atoms. The number of esters is 1. The number of hydrogen-bond acceptors (Lipinski definition) is 11. The number of Topliss-reactive ketones (excluding diaryl/α,β-unsaturated/α-hetero) is 1. The summed E-state index contributed by atoms with van der Waals surface area (Å²) in [4.78, 5) is 69.7. The van der Waals surface area contributed by atoms with E-state index in [0.717, 1.165) is 11.8 Å². The molecule has 36 heavy (non-hydrogen) atoms. The summed E-state index contributed by atoms with van der Waals surface area (Å²) in [5.41, 5.74) is 9.59. The van der Waals surface area contributed by atoms with Crippen LogP contribution in [0.15, 0.2) is 0 Å². The van der Waals surface area contributed by atoms with E-state index in [1.807, 2.05) is 0 Å². The number of ether oxygens (including phenoxy) is 1.